The Morgan fingerprint density at radius 2 is 2.31 bits per heavy atom. The molecule has 1 aliphatic heterocycles. The third-order valence-electron chi connectivity index (χ3n) is 2.49. The molecule has 0 aromatic heterocycles. The molecule has 4 heteroatoms. The fourth-order valence-electron chi connectivity index (χ4n) is 1.70. The van der Waals surface area contributed by atoms with Crippen molar-refractivity contribution in [3.05, 3.63) is 29.8 Å². The van der Waals surface area contributed by atoms with E-state index in [2.05, 4.69) is 5.16 Å². The van der Waals surface area contributed by atoms with Gasteiger partial charge in [0, 0.05) is 18.5 Å². The van der Waals surface area contributed by atoms with Crippen LogP contribution in [-0.2, 0) is 4.84 Å². The van der Waals surface area contributed by atoms with Crippen molar-refractivity contribution in [2.75, 3.05) is 13.2 Å². The summed E-state index contributed by atoms with van der Waals surface area (Å²) < 4.78 is 5.55. The van der Waals surface area contributed by atoms with Gasteiger partial charge in [-0.3, -0.25) is 0 Å². The number of rotatable bonds is 4. The monoisotopic (exact) mass is 220 g/mol. The highest BCUT2D eigenvalue weighted by Gasteiger charge is 2.22. The molecule has 1 heterocycles. The summed E-state index contributed by atoms with van der Waals surface area (Å²) in [5.41, 5.74) is 7.46. The summed E-state index contributed by atoms with van der Waals surface area (Å²) in [4.78, 5) is 5.21. The standard InChI is InChI=1S/C12H16N2O2/c1-2-15-12-6-4-3-5-10(12)11-7-9(8-13)16-14-11/h3-6,9H,2,7-8,13H2,1H3. The second-order valence-corrected chi connectivity index (χ2v) is 3.63. The molecule has 0 saturated heterocycles. The molecule has 0 aliphatic carbocycles. The summed E-state index contributed by atoms with van der Waals surface area (Å²) in [5.74, 6) is 0.852. The minimum absolute atomic E-state index is 0.00434. The summed E-state index contributed by atoms with van der Waals surface area (Å²) in [6, 6.07) is 7.85. The van der Waals surface area contributed by atoms with Crippen molar-refractivity contribution in [2.45, 2.75) is 19.4 Å². The smallest absolute Gasteiger partial charge is 0.145 e. The van der Waals surface area contributed by atoms with Crippen molar-refractivity contribution in [2.24, 2.45) is 10.9 Å². The zero-order valence-electron chi connectivity index (χ0n) is 9.35. The van der Waals surface area contributed by atoms with Crippen LogP contribution >= 0.6 is 0 Å². The quantitative estimate of drug-likeness (QED) is 0.837. The van der Waals surface area contributed by atoms with E-state index in [4.69, 9.17) is 15.3 Å². The van der Waals surface area contributed by atoms with E-state index in [0.29, 0.717) is 13.2 Å². The first-order valence-electron chi connectivity index (χ1n) is 5.50. The van der Waals surface area contributed by atoms with Crippen molar-refractivity contribution in [3.63, 3.8) is 0 Å². The van der Waals surface area contributed by atoms with Gasteiger partial charge in [-0.2, -0.15) is 0 Å². The zero-order chi connectivity index (χ0) is 11.4. The molecule has 86 valence electrons. The Hall–Kier alpha value is -1.55. The summed E-state index contributed by atoms with van der Waals surface area (Å²) in [6.45, 7) is 3.10. The van der Waals surface area contributed by atoms with Gasteiger partial charge in [-0.15, -0.1) is 0 Å². The second-order valence-electron chi connectivity index (χ2n) is 3.63. The van der Waals surface area contributed by atoms with Crippen molar-refractivity contribution in [1.29, 1.82) is 0 Å². The van der Waals surface area contributed by atoms with Crippen LogP contribution in [0.5, 0.6) is 5.75 Å². The predicted octanol–water partition coefficient (Wildman–Crippen LogP) is 1.54. The Labute approximate surface area is 95.0 Å². The molecule has 1 aromatic carbocycles. The van der Waals surface area contributed by atoms with Crippen LogP contribution in [-0.4, -0.2) is 25.0 Å². The molecule has 1 unspecified atom stereocenters. The topological polar surface area (TPSA) is 56.8 Å². The normalized spacial score (nSPS) is 19.1. The summed E-state index contributed by atoms with van der Waals surface area (Å²) in [6.07, 6.45) is 0.755. The number of oxime groups is 1. The lowest BCUT2D eigenvalue weighted by atomic mass is 10.0. The van der Waals surface area contributed by atoms with E-state index >= 15 is 0 Å². The molecule has 0 saturated carbocycles. The largest absolute Gasteiger partial charge is 0.493 e. The van der Waals surface area contributed by atoms with Crippen LogP contribution in [0.15, 0.2) is 29.4 Å². The fourth-order valence-corrected chi connectivity index (χ4v) is 1.70. The van der Waals surface area contributed by atoms with E-state index in [1.165, 1.54) is 0 Å². The van der Waals surface area contributed by atoms with Crippen LogP contribution in [0.1, 0.15) is 18.9 Å². The molecular weight excluding hydrogens is 204 g/mol. The zero-order valence-corrected chi connectivity index (χ0v) is 9.35. The molecule has 4 nitrogen and oxygen atoms in total. The van der Waals surface area contributed by atoms with Crippen LogP contribution in [0.25, 0.3) is 0 Å². The van der Waals surface area contributed by atoms with Crippen molar-refractivity contribution < 1.29 is 9.57 Å². The minimum Gasteiger partial charge on any atom is -0.493 e. The van der Waals surface area contributed by atoms with E-state index < -0.39 is 0 Å². The van der Waals surface area contributed by atoms with Gasteiger partial charge >= 0.3 is 0 Å². The van der Waals surface area contributed by atoms with Crippen LogP contribution < -0.4 is 10.5 Å². The average Bonchev–Trinajstić information content (AvgIpc) is 2.79. The van der Waals surface area contributed by atoms with Gasteiger partial charge in [0.25, 0.3) is 0 Å². The van der Waals surface area contributed by atoms with Gasteiger partial charge in [0.1, 0.15) is 11.9 Å². The molecule has 1 aromatic rings. The first-order chi connectivity index (χ1) is 7.85. The molecule has 1 aliphatic rings. The van der Waals surface area contributed by atoms with Gasteiger partial charge in [-0.25, -0.2) is 0 Å². The molecule has 0 spiro atoms. The number of para-hydroxylation sites is 1. The number of hydrogen-bond donors (Lipinski definition) is 1. The Bertz CT molecular complexity index is 390. The maximum atomic E-state index is 5.55. The van der Waals surface area contributed by atoms with Crippen LogP contribution in [0.4, 0.5) is 0 Å². The van der Waals surface area contributed by atoms with Gasteiger partial charge < -0.3 is 15.3 Å². The number of ether oxygens (including phenoxy) is 1. The SMILES string of the molecule is CCOc1ccccc1C1=NOC(CN)C1. The molecule has 2 rings (SSSR count). The van der Waals surface area contributed by atoms with E-state index in [1.54, 1.807) is 0 Å². The molecule has 0 amide bonds. The molecule has 1 atom stereocenters. The van der Waals surface area contributed by atoms with Crippen molar-refractivity contribution >= 4 is 5.71 Å². The minimum atomic E-state index is 0.00434. The summed E-state index contributed by atoms with van der Waals surface area (Å²) in [5, 5.41) is 4.06. The van der Waals surface area contributed by atoms with Crippen molar-refractivity contribution in [1.82, 2.24) is 0 Å². The molecule has 0 bridgehead atoms. The fraction of sp³-hybridized carbons (Fsp3) is 0.417. The van der Waals surface area contributed by atoms with Gasteiger partial charge in [-0.05, 0) is 19.1 Å². The second kappa shape index (κ2) is 4.99. The maximum absolute atomic E-state index is 5.55. The highest BCUT2D eigenvalue weighted by molar-refractivity contribution is 6.03. The lowest BCUT2D eigenvalue weighted by Crippen LogP contribution is -2.20. The molecule has 0 radical (unpaired) electrons. The lowest BCUT2D eigenvalue weighted by Gasteiger charge is -2.08. The van der Waals surface area contributed by atoms with Gasteiger partial charge in [0.05, 0.1) is 12.3 Å². The van der Waals surface area contributed by atoms with Crippen molar-refractivity contribution in [3.8, 4) is 5.75 Å². The van der Waals surface area contributed by atoms with Crippen LogP contribution in [0, 0.1) is 0 Å². The third-order valence-corrected chi connectivity index (χ3v) is 2.49. The first-order valence-corrected chi connectivity index (χ1v) is 5.50. The van der Waals surface area contributed by atoms with E-state index in [0.717, 1.165) is 23.4 Å². The summed E-state index contributed by atoms with van der Waals surface area (Å²) in [7, 11) is 0. The highest BCUT2D eigenvalue weighted by atomic mass is 16.6. The van der Waals surface area contributed by atoms with Crippen LogP contribution in [0.2, 0.25) is 0 Å². The molecular formula is C12H16N2O2. The number of hydrogen-bond acceptors (Lipinski definition) is 4. The van der Waals surface area contributed by atoms with E-state index in [1.807, 2.05) is 31.2 Å². The van der Waals surface area contributed by atoms with Gasteiger partial charge in [0.2, 0.25) is 0 Å². The average molecular weight is 220 g/mol. The lowest BCUT2D eigenvalue weighted by molar-refractivity contribution is 0.0918. The summed E-state index contributed by atoms with van der Waals surface area (Å²) >= 11 is 0. The van der Waals surface area contributed by atoms with Crippen LogP contribution in [0.3, 0.4) is 0 Å². The Morgan fingerprint density at radius 1 is 1.50 bits per heavy atom. The van der Waals surface area contributed by atoms with Gasteiger partial charge in [0.15, 0.2) is 0 Å². The third kappa shape index (κ3) is 2.17. The van der Waals surface area contributed by atoms with E-state index in [9.17, 15) is 0 Å². The Balaban J connectivity index is 2.20. The molecule has 16 heavy (non-hydrogen) atoms. The molecule has 0 fully saturated rings. The van der Waals surface area contributed by atoms with Gasteiger partial charge in [-0.1, -0.05) is 17.3 Å². The number of nitrogens with zero attached hydrogens (tertiary/aromatic N) is 1. The highest BCUT2D eigenvalue weighted by Crippen LogP contribution is 2.24. The number of benzene rings is 1. The predicted molar refractivity (Wildman–Crippen MR) is 62.7 cm³/mol. The first kappa shape index (κ1) is 11.0. The maximum Gasteiger partial charge on any atom is 0.145 e. The Kier molecular flexibility index (Phi) is 3.41. The van der Waals surface area contributed by atoms with E-state index in [-0.39, 0.29) is 6.10 Å². The molecule has 2 N–H and O–H groups in total. The number of nitrogens with two attached hydrogens (primary N) is 1. The Morgan fingerprint density at radius 3 is 3.00 bits per heavy atom.